The molecule has 4 bridgehead atoms. The molecule has 0 unspecified atom stereocenters. The van der Waals surface area contributed by atoms with Crippen LogP contribution in [-0.4, -0.2) is 21.5 Å². The quantitative estimate of drug-likeness (QED) is 0.523. The van der Waals surface area contributed by atoms with Crippen LogP contribution in [0.1, 0.15) is 58.3 Å². The Labute approximate surface area is 196 Å². The van der Waals surface area contributed by atoms with Crippen molar-refractivity contribution in [3.05, 3.63) is 37.8 Å². The van der Waals surface area contributed by atoms with Crippen LogP contribution in [0.3, 0.4) is 0 Å². The summed E-state index contributed by atoms with van der Waals surface area (Å²) in [5, 5.41) is 3.92. The summed E-state index contributed by atoms with van der Waals surface area (Å²) in [5.41, 5.74) is 0.939. The molecule has 4 saturated carbocycles. The number of nitrogens with zero attached hydrogens (tertiary/aromatic N) is 1. The van der Waals surface area contributed by atoms with Gasteiger partial charge in [-0.05, 0) is 105 Å². The van der Waals surface area contributed by atoms with Gasteiger partial charge in [-0.15, -0.1) is 0 Å². The number of benzene rings is 1. The van der Waals surface area contributed by atoms with Crippen LogP contribution in [0.2, 0.25) is 0 Å². The minimum atomic E-state index is -0.109. The fourth-order valence-electron chi connectivity index (χ4n) is 7.00. The van der Waals surface area contributed by atoms with E-state index >= 15 is 0 Å². The number of aromatic nitrogens is 2. The standard InChI is InChI=1S/C24H30BrN3O2S/c1-14(24-11-15-7-16(12-24)9-17(8-15)13-24)26-21(29)3-2-6-28-22(30)19-10-18(25)4-5-20(19)27-23(28)31/h4-5,10,14-17H,2-3,6-9,11-13H2,1H3,(H,26,29)(H,27,31)/t14-,15?,16?,17?,24?/m0/s1. The smallest absolute Gasteiger partial charge is 0.262 e. The van der Waals surface area contributed by atoms with E-state index < -0.39 is 0 Å². The van der Waals surface area contributed by atoms with Crippen molar-refractivity contribution in [3.63, 3.8) is 0 Å². The molecule has 1 atom stereocenters. The Kier molecular flexibility index (Phi) is 5.62. The first kappa shape index (κ1) is 21.4. The van der Waals surface area contributed by atoms with Crippen molar-refractivity contribution in [2.45, 2.75) is 70.9 Å². The summed E-state index contributed by atoms with van der Waals surface area (Å²) in [5.74, 6) is 2.74. The maximum atomic E-state index is 12.9. The molecule has 2 aromatic rings. The molecule has 7 heteroatoms. The number of halogens is 1. The van der Waals surface area contributed by atoms with Gasteiger partial charge in [-0.25, -0.2) is 0 Å². The number of carbonyl (C=O) groups is 1. The van der Waals surface area contributed by atoms with Gasteiger partial charge in [0.25, 0.3) is 5.56 Å². The molecule has 0 spiro atoms. The van der Waals surface area contributed by atoms with Crippen LogP contribution in [0.4, 0.5) is 0 Å². The van der Waals surface area contributed by atoms with Gasteiger partial charge < -0.3 is 10.3 Å². The van der Waals surface area contributed by atoms with Gasteiger partial charge in [0.15, 0.2) is 4.77 Å². The molecule has 31 heavy (non-hydrogen) atoms. The highest BCUT2D eigenvalue weighted by Crippen LogP contribution is 2.61. The molecule has 5 nitrogen and oxygen atoms in total. The predicted octanol–water partition coefficient (Wildman–Crippen LogP) is 5.32. The Bertz CT molecular complexity index is 1100. The van der Waals surface area contributed by atoms with Gasteiger partial charge in [-0.1, -0.05) is 15.9 Å². The monoisotopic (exact) mass is 503 g/mol. The molecule has 1 amide bonds. The topological polar surface area (TPSA) is 66.9 Å². The summed E-state index contributed by atoms with van der Waals surface area (Å²) in [4.78, 5) is 28.7. The maximum absolute atomic E-state index is 12.9. The van der Waals surface area contributed by atoms with Gasteiger partial charge in [0.05, 0.1) is 10.9 Å². The number of hydrogen-bond acceptors (Lipinski definition) is 3. The number of amides is 1. The van der Waals surface area contributed by atoms with Crippen molar-refractivity contribution in [1.29, 1.82) is 0 Å². The lowest BCUT2D eigenvalue weighted by atomic mass is 9.48. The summed E-state index contributed by atoms with van der Waals surface area (Å²) in [7, 11) is 0. The number of fused-ring (bicyclic) bond motifs is 1. The van der Waals surface area contributed by atoms with E-state index in [4.69, 9.17) is 12.2 Å². The summed E-state index contributed by atoms with van der Waals surface area (Å²) in [6, 6.07) is 5.77. The van der Waals surface area contributed by atoms with E-state index in [1.165, 1.54) is 38.5 Å². The lowest BCUT2D eigenvalue weighted by Crippen LogP contribution is -2.55. The maximum Gasteiger partial charge on any atom is 0.262 e. The molecule has 1 aromatic carbocycles. The van der Waals surface area contributed by atoms with Gasteiger partial charge in [-0.2, -0.15) is 0 Å². The molecule has 1 heterocycles. The van der Waals surface area contributed by atoms with Gasteiger partial charge in [0.1, 0.15) is 0 Å². The second kappa shape index (κ2) is 8.14. The van der Waals surface area contributed by atoms with Crippen LogP contribution >= 0.6 is 28.1 Å². The van der Waals surface area contributed by atoms with Gasteiger partial charge in [0, 0.05) is 23.5 Å². The van der Waals surface area contributed by atoms with Crippen molar-refractivity contribution >= 4 is 45.0 Å². The molecule has 0 radical (unpaired) electrons. The Morgan fingerprint density at radius 2 is 1.90 bits per heavy atom. The third kappa shape index (κ3) is 4.04. The van der Waals surface area contributed by atoms with E-state index in [0.29, 0.717) is 35.0 Å². The Hall–Kier alpha value is -1.47. The SMILES string of the molecule is C[C@H](NC(=O)CCCn1c(=S)[nH]c2ccc(Br)cc2c1=O)C12CC3CC(CC(C3)C1)C2. The summed E-state index contributed by atoms with van der Waals surface area (Å²) >= 11 is 8.81. The zero-order valence-electron chi connectivity index (χ0n) is 18.0. The highest BCUT2D eigenvalue weighted by atomic mass is 79.9. The normalized spacial score (nSPS) is 29.9. The van der Waals surface area contributed by atoms with Crippen molar-refractivity contribution in [2.24, 2.45) is 23.2 Å². The van der Waals surface area contributed by atoms with E-state index in [1.54, 1.807) is 10.6 Å². The summed E-state index contributed by atoms with van der Waals surface area (Å²) < 4.78 is 2.83. The molecule has 4 fully saturated rings. The third-order valence-corrected chi connectivity index (χ3v) is 8.93. The van der Waals surface area contributed by atoms with E-state index in [-0.39, 0.29) is 17.5 Å². The lowest BCUT2D eigenvalue weighted by molar-refractivity contribution is -0.126. The number of rotatable bonds is 6. The fourth-order valence-corrected chi connectivity index (χ4v) is 7.64. The van der Waals surface area contributed by atoms with Crippen LogP contribution in [0.5, 0.6) is 0 Å². The predicted molar refractivity (Wildman–Crippen MR) is 129 cm³/mol. The Morgan fingerprint density at radius 1 is 1.26 bits per heavy atom. The second-order valence-electron chi connectivity index (χ2n) is 10.2. The van der Waals surface area contributed by atoms with E-state index in [0.717, 1.165) is 27.7 Å². The van der Waals surface area contributed by atoms with Crippen LogP contribution in [-0.2, 0) is 11.3 Å². The first-order valence-electron chi connectivity index (χ1n) is 11.5. The van der Waals surface area contributed by atoms with Crippen LogP contribution in [0, 0.1) is 27.9 Å². The molecule has 1 aromatic heterocycles. The first-order valence-corrected chi connectivity index (χ1v) is 12.7. The average molecular weight is 504 g/mol. The summed E-state index contributed by atoms with van der Waals surface area (Å²) in [6.45, 7) is 2.66. The highest BCUT2D eigenvalue weighted by molar-refractivity contribution is 9.10. The van der Waals surface area contributed by atoms with Crippen molar-refractivity contribution < 1.29 is 4.79 Å². The Morgan fingerprint density at radius 3 is 2.55 bits per heavy atom. The van der Waals surface area contributed by atoms with Gasteiger partial charge >= 0.3 is 0 Å². The third-order valence-electron chi connectivity index (χ3n) is 8.11. The molecule has 0 aliphatic heterocycles. The van der Waals surface area contributed by atoms with Crippen LogP contribution < -0.4 is 10.9 Å². The minimum Gasteiger partial charge on any atom is -0.353 e. The first-order chi connectivity index (χ1) is 14.8. The molecular weight excluding hydrogens is 474 g/mol. The van der Waals surface area contributed by atoms with E-state index in [2.05, 4.69) is 33.2 Å². The lowest BCUT2D eigenvalue weighted by Gasteiger charge is -2.59. The molecule has 166 valence electrons. The van der Waals surface area contributed by atoms with Crippen LogP contribution in [0.15, 0.2) is 27.5 Å². The largest absolute Gasteiger partial charge is 0.353 e. The minimum absolute atomic E-state index is 0.0923. The van der Waals surface area contributed by atoms with Crippen molar-refractivity contribution in [1.82, 2.24) is 14.9 Å². The number of nitrogens with one attached hydrogen (secondary N) is 2. The summed E-state index contributed by atoms with van der Waals surface area (Å²) in [6.07, 6.45) is 9.12. The second-order valence-corrected chi connectivity index (χ2v) is 11.6. The van der Waals surface area contributed by atoms with E-state index in [9.17, 15) is 9.59 Å². The number of carbonyl (C=O) groups excluding carboxylic acids is 1. The molecule has 2 N–H and O–H groups in total. The number of aromatic amines is 1. The fraction of sp³-hybridized carbons (Fsp3) is 0.625. The Balaban J connectivity index is 1.21. The molecule has 0 saturated heterocycles. The zero-order valence-corrected chi connectivity index (χ0v) is 20.4. The van der Waals surface area contributed by atoms with Crippen LogP contribution in [0.25, 0.3) is 10.9 Å². The molecular formula is C24H30BrN3O2S. The zero-order chi connectivity index (χ0) is 21.8. The van der Waals surface area contributed by atoms with E-state index in [1.807, 2.05) is 12.1 Å². The average Bonchev–Trinajstić information content (AvgIpc) is 2.70. The van der Waals surface area contributed by atoms with Crippen molar-refractivity contribution in [3.8, 4) is 0 Å². The molecule has 4 aliphatic rings. The molecule has 4 aliphatic carbocycles. The number of hydrogen-bond donors (Lipinski definition) is 2. The number of H-pyrrole nitrogens is 1. The highest BCUT2D eigenvalue weighted by Gasteiger charge is 2.53. The van der Waals surface area contributed by atoms with Crippen molar-refractivity contribution in [2.75, 3.05) is 0 Å². The molecule has 6 rings (SSSR count). The van der Waals surface area contributed by atoms with Gasteiger partial charge in [-0.3, -0.25) is 14.2 Å². The van der Waals surface area contributed by atoms with Gasteiger partial charge in [0.2, 0.25) is 5.91 Å².